The molecule has 146 valence electrons. The highest BCUT2D eigenvalue weighted by Crippen LogP contribution is 2.29. The lowest BCUT2D eigenvalue weighted by Gasteiger charge is -2.16. The highest BCUT2D eigenvalue weighted by molar-refractivity contribution is 5.34. The maximum atomic E-state index is 5.95. The molecule has 1 aliphatic heterocycles. The Morgan fingerprint density at radius 3 is 2.64 bits per heavy atom. The van der Waals surface area contributed by atoms with E-state index < -0.39 is 0 Å². The summed E-state index contributed by atoms with van der Waals surface area (Å²) in [6.45, 7) is 4.77. The molecular formula is C21H25N5O2. The minimum Gasteiger partial charge on any atom is -0.497 e. The minimum atomic E-state index is 0.304. The first-order valence-corrected chi connectivity index (χ1v) is 9.47. The van der Waals surface area contributed by atoms with Gasteiger partial charge in [-0.3, -0.25) is 4.90 Å². The Balaban J connectivity index is 1.45. The first-order chi connectivity index (χ1) is 13.6. The van der Waals surface area contributed by atoms with Gasteiger partial charge in [-0.25, -0.2) is 9.97 Å². The van der Waals surface area contributed by atoms with Gasteiger partial charge in [0.1, 0.15) is 23.1 Å². The third-order valence-corrected chi connectivity index (χ3v) is 5.05. The van der Waals surface area contributed by atoms with Crippen LogP contribution in [0.3, 0.4) is 0 Å². The highest BCUT2D eigenvalue weighted by atomic mass is 16.5. The summed E-state index contributed by atoms with van der Waals surface area (Å²) in [7, 11) is 3.68. The zero-order chi connectivity index (χ0) is 19.5. The molecule has 7 heteroatoms. The Morgan fingerprint density at radius 1 is 1.14 bits per heavy atom. The Hall–Kier alpha value is -2.93. The summed E-state index contributed by atoms with van der Waals surface area (Å²) in [6, 6.07) is 9.36. The largest absolute Gasteiger partial charge is 0.497 e. The van der Waals surface area contributed by atoms with Gasteiger partial charge in [-0.15, -0.1) is 0 Å². The standard InChI is InChI=1S/C21H25N5O2/c1-15-12-20(28-18-6-4-17(27-3)5-7-18)24-21(23-15)16-8-10-26(13-16)14-19-22-9-11-25(19)2/h4-7,9,11-12,16H,8,10,13-14H2,1-3H3/t16-/m0/s1. The van der Waals surface area contributed by atoms with E-state index in [1.165, 1.54) is 0 Å². The summed E-state index contributed by atoms with van der Waals surface area (Å²) in [5.74, 6) is 4.34. The van der Waals surface area contributed by atoms with Crippen molar-refractivity contribution < 1.29 is 9.47 Å². The summed E-state index contributed by atoms with van der Waals surface area (Å²) in [4.78, 5) is 16.2. The average molecular weight is 379 g/mol. The molecule has 1 aliphatic rings. The van der Waals surface area contributed by atoms with E-state index in [0.29, 0.717) is 11.8 Å². The number of imidazole rings is 1. The van der Waals surface area contributed by atoms with Crippen LogP contribution in [0.15, 0.2) is 42.7 Å². The molecule has 1 saturated heterocycles. The van der Waals surface area contributed by atoms with Gasteiger partial charge in [0.25, 0.3) is 0 Å². The number of benzene rings is 1. The molecule has 1 fully saturated rings. The number of hydrogen-bond donors (Lipinski definition) is 0. The van der Waals surface area contributed by atoms with Crippen LogP contribution in [0.1, 0.15) is 29.7 Å². The number of rotatable bonds is 6. The van der Waals surface area contributed by atoms with Crippen molar-refractivity contribution >= 4 is 0 Å². The lowest BCUT2D eigenvalue weighted by atomic mass is 10.1. The monoisotopic (exact) mass is 379 g/mol. The number of methoxy groups -OCH3 is 1. The number of nitrogens with zero attached hydrogens (tertiary/aromatic N) is 5. The molecule has 4 rings (SSSR count). The molecule has 7 nitrogen and oxygen atoms in total. The SMILES string of the molecule is COc1ccc(Oc2cc(C)nc([C@H]3CCN(Cc4nccn4C)C3)n2)cc1. The fourth-order valence-electron chi connectivity index (χ4n) is 3.50. The quantitative estimate of drug-likeness (QED) is 0.655. The molecule has 0 bridgehead atoms. The Labute approximate surface area is 165 Å². The molecule has 3 aromatic rings. The third kappa shape index (κ3) is 4.14. The summed E-state index contributed by atoms with van der Waals surface area (Å²) in [6.07, 6.45) is 4.86. The fraction of sp³-hybridized carbons (Fsp3) is 0.381. The van der Waals surface area contributed by atoms with Gasteiger partial charge in [0.15, 0.2) is 0 Å². The lowest BCUT2D eigenvalue weighted by Crippen LogP contribution is -2.22. The van der Waals surface area contributed by atoms with E-state index in [1.54, 1.807) is 7.11 Å². The van der Waals surface area contributed by atoms with Gasteiger partial charge in [-0.05, 0) is 44.2 Å². The highest BCUT2D eigenvalue weighted by Gasteiger charge is 2.27. The van der Waals surface area contributed by atoms with Crippen LogP contribution < -0.4 is 9.47 Å². The zero-order valence-electron chi connectivity index (χ0n) is 16.5. The van der Waals surface area contributed by atoms with E-state index in [-0.39, 0.29) is 0 Å². The molecule has 3 heterocycles. The smallest absolute Gasteiger partial charge is 0.222 e. The van der Waals surface area contributed by atoms with Crippen molar-refractivity contribution in [2.45, 2.75) is 25.8 Å². The summed E-state index contributed by atoms with van der Waals surface area (Å²) in [5.41, 5.74) is 0.913. The van der Waals surface area contributed by atoms with Gasteiger partial charge in [0.2, 0.25) is 5.88 Å². The van der Waals surface area contributed by atoms with Crippen LogP contribution in [0.2, 0.25) is 0 Å². The normalized spacial score (nSPS) is 17.0. The van der Waals surface area contributed by atoms with E-state index in [2.05, 4.69) is 19.4 Å². The van der Waals surface area contributed by atoms with Crippen LogP contribution in [-0.4, -0.2) is 44.6 Å². The van der Waals surface area contributed by atoms with Crippen molar-refractivity contribution in [2.75, 3.05) is 20.2 Å². The molecule has 0 spiro atoms. The molecule has 0 N–H and O–H groups in total. The predicted molar refractivity (Wildman–Crippen MR) is 106 cm³/mol. The van der Waals surface area contributed by atoms with Gasteiger partial charge in [0.05, 0.1) is 13.7 Å². The van der Waals surface area contributed by atoms with E-state index in [0.717, 1.165) is 54.9 Å². The Kier molecular flexibility index (Phi) is 5.25. The maximum absolute atomic E-state index is 5.95. The molecule has 1 aromatic carbocycles. The van der Waals surface area contributed by atoms with E-state index >= 15 is 0 Å². The molecule has 0 radical (unpaired) electrons. The molecule has 2 aromatic heterocycles. The first-order valence-electron chi connectivity index (χ1n) is 9.47. The van der Waals surface area contributed by atoms with Crippen molar-refractivity contribution in [1.82, 2.24) is 24.4 Å². The van der Waals surface area contributed by atoms with E-state index in [1.807, 2.05) is 56.7 Å². The van der Waals surface area contributed by atoms with Crippen molar-refractivity contribution in [3.63, 3.8) is 0 Å². The van der Waals surface area contributed by atoms with Gasteiger partial charge in [-0.2, -0.15) is 4.98 Å². The molecule has 0 aliphatic carbocycles. The van der Waals surface area contributed by atoms with E-state index in [9.17, 15) is 0 Å². The second-order valence-electron chi connectivity index (χ2n) is 7.16. The lowest BCUT2D eigenvalue weighted by molar-refractivity contribution is 0.313. The van der Waals surface area contributed by atoms with Crippen molar-refractivity contribution in [2.24, 2.45) is 7.05 Å². The topological polar surface area (TPSA) is 65.3 Å². The molecule has 28 heavy (non-hydrogen) atoms. The molecule has 1 atom stereocenters. The number of likely N-dealkylation sites (tertiary alicyclic amines) is 1. The number of ether oxygens (including phenoxy) is 2. The molecule has 0 unspecified atom stereocenters. The summed E-state index contributed by atoms with van der Waals surface area (Å²) < 4.78 is 13.2. The Bertz CT molecular complexity index is 938. The van der Waals surface area contributed by atoms with E-state index in [4.69, 9.17) is 14.5 Å². The Morgan fingerprint density at radius 2 is 1.93 bits per heavy atom. The van der Waals surface area contributed by atoms with Gasteiger partial charge < -0.3 is 14.0 Å². The van der Waals surface area contributed by atoms with Crippen LogP contribution in [0.4, 0.5) is 0 Å². The minimum absolute atomic E-state index is 0.304. The predicted octanol–water partition coefficient (Wildman–Crippen LogP) is 3.31. The number of aryl methyl sites for hydroxylation is 2. The average Bonchev–Trinajstić information content (AvgIpc) is 3.32. The number of aromatic nitrogens is 4. The second kappa shape index (κ2) is 7.98. The summed E-state index contributed by atoms with van der Waals surface area (Å²) >= 11 is 0. The summed E-state index contributed by atoms with van der Waals surface area (Å²) in [5, 5.41) is 0. The van der Waals surface area contributed by atoms with Crippen LogP contribution >= 0.6 is 0 Å². The third-order valence-electron chi connectivity index (χ3n) is 5.05. The van der Waals surface area contributed by atoms with Gasteiger partial charge in [0, 0.05) is 43.7 Å². The second-order valence-corrected chi connectivity index (χ2v) is 7.16. The first kappa shape index (κ1) is 18.4. The number of hydrogen-bond acceptors (Lipinski definition) is 6. The molecule has 0 amide bonds. The van der Waals surface area contributed by atoms with Crippen molar-refractivity contribution in [3.8, 4) is 17.4 Å². The van der Waals surface area contributed by atoms with Crippen LogP contribution in [0, 0.1) is 6.92 Å². The fourth-order valence-corrected chi connectivity index (χ4v) is 3.50. The van der Waals surface area contributed by atoms with Crippen LogP contribution in [0.25, 0.3) is 0 Å². The van der Waals surface area contributed by atoms with Crippen LogP contribution in [-0.2, 0) is 13.6 Å². The maximum Gasteiger partial charge on any atom is 0.222 e. The van der Waals surface area contributed by atoms with Crippen molar-refractivity contribution in [3.05, 3.63) is 60.1 Å². The van der Waals surface area contributed by atoms with Crippen molar-refractivity contribution in [1.29, 1.82) is 0 Å². The van der Waals surface area contributed by atoms with Gasteiger partial charge >= 0.3 is 0 Å². The zero-order valence-corrected chi connectivity index (χ0v) is 16.5. The molecule has 0 saturated carbocycles. The van der Waals surface area contributed by atoms with Gasteiger partial charge in [-0.1, -0.05) is 0 Å². The van der Waals surface area contributed by atoms with Crippen LogP contribution in [0.5, 0.6) is 17.4 Å². The molecular weight excluding hydrogens is 354 g/mol.